The lowest BCUT2D eigenvalue weighted by Crippen LogP contribution is -2.29. The molecule has 1 amide bonds. The molecule has 0 radical (unpaired) electrons. The van der Waals surface area contributed by atoms with Gasteiger partial charge in [0, 0.05) is 16.8 Å². The number of hydrogen-bond donors (Lipinski definition) is 1. The van der Waals surface area contributed by atoms with Crippen LogP contribution in [0.2, 0.25) is 0 Å². The molecule has 1 atom stereocenters. The first-order valence-corrected chi connectivity index (χ1v) is 10.9. The summed E-state index contributed by atoms with van der Waals surface area (Å²) in [6.07, 6.45) is 1.63. The lowest BCUT2D eigenvalue weighted by molar-refractivity contribution is -0.132. The third-order valence-electron chi connectivity index (χ3n) is 6.15. The van der Waals surface area contributed by atoms with E-state index >= 15 is 0 Å². The van der Waals surface area contributed by atoms with Crippen LogP contribution in [0.5, 0.6) is 11.5 Å². The summed E-state index contributed by atoms with van der Waals surface area (Å²) in [5.74, 6) is -1.39. The van der Waals surface area contributed by atoms with Crippen LogP contribution in [-0.4, -0.2) is 30.5 Å². The van der Waals surface area contributed by atoms with Crippen molar-refractivity contribution in [1.82, 2.24) is 0 Å². The van der Waals surface area contributed by atoms with E-state index in [4.69, 9.17) is 9.47 Å². The number of aliphatic hydroxyl groups excluding tert-OH is 1. The van der Waals surface area contributed by atoms with Gasteiger partial charge in [0.15, 0.2) is 0 Å². The lowest BCUT2D eigenvalue weighted by atomic mass is 9.93. The number of aliphatic hydroxyl groups is 1. The summed E-state index contributed by atoms with van der Waals surface area (Å²) in [5, 5.41) is 11.3. The van der Waals surface area contributed by atoms with Gasteiger partial charge in [0.25, 0.3) is 11.7 Å². The second-order valence-corrected chi connectivity index (χ2v) is 8.17. The number of fused-ring (bicyclic) bond motifs is 1. The Bertz CT molecular complexity index is 1330. The zero-order valence-corrected chi connectivity index (χ0v) is 18.5. The van der Waals surface area contributed by atoms with Crippen molar-refractivity contribution in [1.29, 1.82) is 0 Å². The molecule has 0 spiro atoms. The molecule has 5 rings (SSSR count). The van der Waals surface area contributed by atoms with Gasteiger partial charge in [0.2, 0.25) is 0 Å². The summed E-state index contributed by atoms with van der Waals surface area (Å²) in [6, 6.07) is 16.6. The second-order valence-electron chi connectivity index (χ2n) is 8.17. The largest absolute Gasteiger partial charge is 0.507 e. The first-order chi connectivity index (χ1) is 16.5. The number of amides is 1. The van der Waals surface area contributed by atoms with Crippen LogP contribution in [0.1, 0.15) is 29.2 Å². The Hall–Kier alpha value is -4.13. The highest BCUT2D eigenvalue weighted by atomic mass is 19.1. The normalized spacial score (nSPS) is 19.0. The molecule has 0 saturated carbocycles. The minimum Gasteiger partial charge on any atom is -0.507 e. The Kier molecular flexibility index (Phi) is 5.53. The van der Waals surface area contributed by atoms with E-state index < -0.39 is 23.5 Å². The van der Waals surface area contributed by atoms with E-state index in [9.17, 15) is 19.1 Å². The molecule has 1 saturated heterocycles. The number of methoxy groups -OCH3 is 1. The molecule has 172 valence electrons. The number of ether oxygens (including phenoxy) is 2. The zero-order chi connectivity index (χ0) is 23.8. The summed E-state index contributed by atoms with van der Waals surface area (Å²) in [6.45, 7) is 0.630. The van der Waals surface area contributed by atoms with Crippen molar-refractivity contribution in [2.45, 2.75) is 18.9 Å². The highest BCUT2D eigenvalue weighted by Gasteiger charge is 2.48. The Labute approximate surface area is 195 Å². The number of aryl methyl sites for hydroxylation is 1. The molecule has 2 aliphatic rings. The number of carbonyl (C=O) groups is 2. The Morgan fingerprint density at radius 2 is 1.91 bits per heavy atom. The van der Waals surface area contributed by atoms with E-state index in [-0.39, 0.29) is 17.0 Å². The molecular formula is C27H22FNO5. The fourth-order valence-corrected chi connectivity index (χ4v) is 4.57. The van der Waals surface area contributed by atoms with Crippen LogP contribution in [0.4, 0.5) is 10.1 Å². The summed E-state index contributed by atoms with van der Waals surface area (Å²) in [7, 11) is 1.48. The molecule has 0 aromatic heterocycles. The fourth-order valence-electron chi connectivity index (χ4n) is 4.57. The maximum Gasteiger partial charge on any atom is 0.300 e. The van der Waals surface area contributed by atoms with Crippen molar-refractivity contribution in [3.63, 3.8) is 0 Å². The van der Waals surface area contributed by atoms with E-state index in [1.165, 1.54) is 30.2 Å². The molecule has 2 heterocycles. The third kappa shape index (κ3) is 3.59. The lowest BCUT2D eigenvalue weighted by Gasteiger charge is -2.26. The third-order valence-corrected chi connectivity index (χ3v) is 6.15. The topological polar surface area (TPSA) is 76.1 Å². The Morgan fingerprint density at radius 3 is 2.71 bits per heavy atom. The summed E-state index contributed by atoms with van der Waals surface area (Å²) >= 11 is 0. The number of ketones is 1. The monoisotopic (exact) mass is 459 g/mol. The quantitative estimate of drug-likeness (QED) is 0.345. The van der Waals surface area contributed by atoms with Crippen LogP contribution in [-0.2, 0) is 16.0 Å². The van der Waals surface area contributed by atoms with Gasteiger partial charge in [-0.2, -0.15) is 0 Å². The zero-order valence-electron chi connectivity index (χ0n) is 18.5. The van der Waals surface area contributed by atoms with Crippen LogP contribution >= 0.6 is 0 Å². The molecule has 3 aromatic carbocycles. The molecule has 7 heteroatoms. The predicted molar refractivity (Wildman–Crippen MR) is 124 cm³/mol. The van der Waals surface area contributed by atoms with Gasteiger partial charge >= 0.3 is 0 Å². The maximum absolute atomic E-state index is 14.1. The first kappa shape index (κ1) is 21.7. The average Bonchev–Trinajstić information content (AvgIpc) is 3.13. The van der Waals surface area contributed by atoms with Gasteiger partial charge < -0.3 is 14.6 Å². The summed E-state index contributed by atoms with van der Waals surface area (Å²) < 4.78 is 25.2. The minimum absolute atomic E-state index is 0.0876. The van der Waals surface area contributed by atoms with Gasteiger partial charge in [0.1, 0.15) is 23.1 Å². The minimum atomic E-state index is -1.01. The standard InChI is InChI=1S/C27H22FNO5/c1-33-22-10-3-2-9-20(22)24-23(25(30)17-11-12-21-16(14-17)6-5-13-34-21)26(31)27(32)29(24)19-8-4-7-18(28)15-19/h2-4,7-12,14-15,24,30H,5-6,13H2,1H3/b25-23+. The highest BCUT2D eigenvalue weighted by Crippen LogP contribution is 2.45. The van der Waals surface area contributed by atoms with Gasteiger partial charge in [-0.25, -0.2) is 4.39 Å². The smallest absolute Gasteiger partial charge is 0.300 e. The molecule has 2 aliphatic heterocycles. The van der Waals surface area contributed by atoms with Crippen molar-refractivity contribution in [2.24, 2.45) is 0 Å². The van der Waals surface area contributed by atoms with E-state index in [1.54, 1.807) is 48.5 Å². The van der Waals surface area contributed by atoms with Crippen molar-refractivity contribution >= 4 is 23.1 Å². The second kappa shape index (κ2) is 8.67. The number of rotatable bonds is 4. The molecule has 0 bridgehead atoms. The predicted octanol–water partition coefficient (Wildman–Crippen LogP) is 4.79. The van der Waals surface area contributed by atoms with E-state index in [2.05, 4.69) is 0 Å². The van der Waals surface area contributed by atoms with Crippen LogP contribution < -0.4 is 14.4 Å². The van der Waals surface area contributed by atoms with Crippen LogP contribution in [0, 0.1) is 5.82 Å². The molecule has 1 fully saturated rings. The maximum atomic E-state index is 14.1. The van der Waals surface area contributed by atoms with Gasteiger partial charge in [-0.3, -0.25) is 14.5 Å². The van der Waals surface area contributed by atoms with Crippen molar-refractivity contribution < 1.29 is 28.6 Å². The van der Waals surface area contributed by atoms with E-state index in [0.29, 0.717) is 23.5 Å². The molecule has 34 heavy (non-hydrogen) atoms. The number of para-hydroxylation sites is 1. The number of Topliss-reactive ketones (excluding diaryl/α,β-unsaturated/α-hetero) is 1. The number of halogens is 1. The number of carbonyl (C=O) groups excluding carboxylic acids is 2. The van der Waals surface area contributed by atoms with Gasteiger partial charge in [0.05, 0.1) is 25.3 Å². The Balaban J connectivity index is 1.73. The number of hydrogen-bond acceptors (Lipinski definition) is 5. The number of anilines is 1. The highest BCUT2D eigenvalue weighted by molar-refractivity contribution is 6.51. The molecule has 0 aliphatic carbocycles. The van der Waals surface area contributed by atoms with Crippen molar-refractivity contribution in [2.75, 3.05) is 18.6 Å². The average molecular weight is 459 g/mol. The van der Waals surface area contributed by atoms with Crippen LogP contribution in [0.15, 0.2) is 72.3 Å². The van der Waals surface area contributed by atoms with Gasteiger partial charge in [-0.15, -0.1) is 0 Å². The summed E-state index contributed by atoms with van der Waals surface area (Å²) in [5.41, 5.74) is 1.94. The molecular weight excluding hydrogens is 437 g/mol. The van der Waals surface area contributed by atoms with E-state index in [1.807, 2.05) is 0 Å². The Morgan fingerprint density at radius 1 is 1.09 bits per heavy atom. The fraction of sp³-hybridized carbons (Fsp3) is 0.185. The molecule has 3 aromatic rings. The molecule has 1 unspecified atom stereocenters. The SMILES string of the molecule is COc1ccccc1C1/C(=C(\O)c2ccc3c(c2)CCCO3)C(=O)C(=O)N1c1cccc(F)c1. The summed E-state index contributed by atoms with van der Waals surface area (Å²) in [4.78, 5) is 27.7. The van der Waals surface area contributed by atoms with Crippen LogP contribution in [0.25, 0.3) is 5.76 Å². The van der Waals surface area contributed by atoms with Gasteiger partial charge in [-0.05, 0) is 60.9 Å². The number of nitrogens with zero attached hydrogens (tertiary/aromatic N) is 1. The number of benzene rings is 3. The van der Waals surface area contributed by atoms with Gasteiger partial charge in [-0.1, -0.05) is 24.3 Å². The first-order valence-electron chi connectivity index (χ1n) is 10.9. The van der Waals surface area contributed by atoms with E-state index in [0.717, 1.165) is 24.2 Å². The molecule has 1 N–H and O–H groups in total. The van der Waals surface area contributed by atoms with Crippen molar-refractivity contribution in [3.05, 3.63) is 94.8 Å². The van der Waals surface area contributed by atoms with Crippen molar-refractivity contribution in [3.8, 4) is 11.5 Å². The molecule has 6 nitrogen and oxygen atoms in total. The van der Waals surface area contributed by atoms with Crippen LogP contribution in [0.3, 0.4) is 0 Å².